The highest BCUT2D eigenvalue weighted by Crippen LogP contribution is 2.45. The summed E-state index contributed by atoms with van der Waals surface area (Å²) in [4.78, 5) is 70.5. The van der Waals surface area contributed by atoms with Crippen molar-refractivity contribution in [2.24, 2.45) is 17.1 Å². The Labute approximate surface area is 312 Å². The third-order valence-corrected chi connectivity index (χ3v) is 12.5. The molecule has 2 aliphatic carbocycles. The number of unbranched alkanes of at least 4 members (excludes halogenated alkanes) is 1. The van der Waals surface area contributed by atoms with Gasteiger partial charge in [0.2, 0.25) is 28.2 Å². The van der Waals surface area contributed by atoms with Gasteiger partial charge in [-0.2, -0.15) is 0 Å². The van der Waals surface area contributed by atoms with Crippen LogP contribution in [0.25, 0.3) is 6.08 Å². The fraction of sp³-hybridized carbons (Fsp3) is 0.605. The van der Waals surface area contributed by atoms with Crippen LogP contribution in [-0.2, 0) is 47.0 Å². The average Bonchev–Trinajstić information content (AvgIpc) is 3.99. The fourth-order valence-corrected chi connectivity index (χ4v) is 8.29. The third kappa shape index (κ3) is 8.94. The van der Waals surface area contributed by atoms with Crippen molar-refractivity contribution in [1.29, 1.82) is 0 Å². The Hall–Kier alpha value is -4.24. The smallest absolute Gasteiger partial charge is 0.410 e. The first-order valence-electron chi connectivity index (χ1n) is 18.4. The first kappa shape index (κ1) is 40.0. The number of sulfonamides is 1. The van der Waals surface area contributed by atoms with Gasteiger partial charge in [-0.3, -0.25) is 28.8 Å². The van der Waals surface area contributed by atoms with Gasteiger partial charge in [-0.25, -0.2) is 13.2 Å². The summed E-state index contributed by atoms with van der Waals surface area (Å²) in [5.74, 6) is -2.53. The molecule has 14 nitrogen and oxygen atoms in total. The lowest BCUT2D eigenvalue weighted by molar-refractivity contribution is -0.142. The Bertz CT molecular complexity index is 1750. The topological polar surface area (TPSA) is 189 Å². The number of carbonyl (C=O) groups excluding carboxylic acids is 5. The molecule has 15 heteroatoms. The molecule has 53 heavy (non-hydrogen) atoms. The van der Waals surface area contributed by atoms with Gasteiger partial charge >= 0.3 is 6.09 Å². The largest absolute Gasteiger partial charge is 0.444 e. The number of rotatable bonds is 15. The van der Waals surface area contributed by atoms with Crippen LogP contribution in [-0.4, -0.2) is 101 Å². The second-order valence-corrected chi connectivity index (χ2v) is 18.1. The van der Waals surface area contributed by atoms with Crippen molar-refractivity contribution in [2.75, 3.05) is 13.1 Å². The molecule has 0 unspecified atom stereocenters. The Kier molecular flexibility index (Phi) is 11.8. The van der Waals surface area contributed by atoms with Crippen LogP contribution in [0.1, 0.15) is 89.8 Å². The molecule has 5 atom stereocenters. The van der Waals surface area contributed by atoms with Gasteiger partial charge in [-0.15, -0.1) is 6.58 Å². The highest BCUT2D eigenvalue weighted by Gasteiger charge is 2.62. The standard InChI is InChI=1S/C38H54N6O8S/c1-7-27-19-38(27,35(48)41-53(50,51)29-15-16-29)40-33(46)31-18-28(21-44(31)34(47)32(39)37(4,5)6)52-36(49)43-20-26-14-11-13-25(30(26)22-43)12-9-8-10-17-42(23-45)24(2)3/h7,9,11-14,23-24,27-29,31-32H,1,8,10,15-22,39H2,2-6H3,(H,40,46)(H,41,48)/b12-9+/t27-,28-,31+,32-,38-/m1/s1. The number of hydrogen-bond acceptors (Lipinski definition) is 9. The zero-order valence-electron chi connectivity index (χ0n) is 31.4. The van der Waals surface area contributed by atoms with Crippen LogP contribution in [0.4, 0.5) is 4.79 Å². The zero-order chi connectivity index (χ0) is 38.9. The maximum atomic E-state index is 14.0. The Balaban J connectivity index is 1.25. The minimum atomic E-state index is -3.88. The van der Waals surface area contributed by atoms with Crippen LogP contribution >= 0.6 is 0 Å². The van der Waals surface area contributed by atoms with Gasteiger partial charge in [0.25, 0.3) is 5.91 Å². The molecule has 4 aliphatic rings. The van der Waals surface area contributed by atoms with E-state index >= 15 is 0 Å². The van der Waals surface area contributed by atoms with Crippen LogP contribution < -0.4 is 15.8 Å². The summed E-state index contributed by atoms with van der Waals surface area (Å²) < 4.78 is 33.2. The van der Waals surface area contributed by atoms with Crippen molar-refractivity contribution in [3.63, 3.8) is 0 Å². The van der Waals surface area contributed by atoms with E-state index in [-0.39, 0.29) is 25.4 Å². The lowest BCUT2D eigenvalue weighted by Gasteiger charge is -2.33. The molecule has 290 valence electrons. The number of benzene rings is 1. The average molecular weight is 755 g/mol. The van der Waals surface area contributed by atoms with Gasteiger partial charge in [-0.05, 0) is 68.1 Å². The van der Waals surface area contributed by atoms with E-state index in [1.165, 1.54) is 11.0 Å². The highest BCUT2D eigenvalue weighted by molar-refractivity contribution is 7.91. The number of carbonyl (C=O) groups is 5. The summed E-state index contributed by atoms with van der Waals surface area (Å²) >= 11 is 0. The van der Waals surface area contributed by atoms with E-state index in [0.29, 0.717) is 32.5 Å². The van der Waals surface area contributed by atoms with Crippen molar-refractivity contribution in [2.45, 2.75) is 121 Å². The summed E-state index contributed by atoms with van der Waals surface area (Å²) in [7, 11) is -3.88. The number of fused-ring (bicyclic) bond motifs is 1. The normalized spacial score (nSPS) is 24.5. The van der Waals surface area contributed by atoms with Gasteiger partial charge in [0.05, 0.1) is 24.4 Å². The lowest BCUT2D eigenvalue weighted by Crippen LogP contribution is -2.59. The molecular weight excluding hydrogens is 701 g/mol. The van der Waals surface area contributed by atoms with E-state index < -0.39 is 74.1 Å². The van der Waals surface area contributed by atoms with E-state index in [2.05, 4.69) is 22.7 Å². The highest BCUT2D eigenvalue weighted by atomic mass is 32.2. The number of amides is 5. The Morgan fingerprint density at radius 2 is 1.89 bits per heavy atom. The van der Waals surface area contributed by atoms with Crippen LogP contribution in [0.5, 0.6) is 0 Å². The molecule has 3 fully saturated rings. The number of nitrogens with one attached hydrogen (secondary N) is 2. The number of nitrogens with two attached hydrogens (primary N) is 1. The van der Waals surface area contributed by atoms with Gasteiger partial charge in [0.1, 0.15) is 17.7 Å². The molecular formula is C38H54N6O8S. The molecule has 1 aromatic carbocycles. The maximum Gasteiger partial charge on any atom is 0.410 e. The van der Waals surface area contributed by atoms with Crippen molar-refractivity contribution in [3.05, 3.63) is 53.6 Å². The van der Waals surface area contributed by atoms with Crippen LogP contribution in [0.3, 0.4) is 0 Å². The number of allylic oxidation sites excluding steroid dienone is 1. The van der Waals surface area contributed by atoms with Crippen LogP contribution in [0.2, 0.25) is 0 Å². The minimum Gasteiger partial charge on any atom is -0.444 e. The van der Waals surface area contributed by atoms with Gasteiger partial charge in [0, 0.05) is 31.5 Å². The summed E-state index contributed by atoms with van der Waals surface area (Å²) in [6, 6.07) is 3.93. The first-order valence-corrected chi connectivity index (χ1v) is 20.0. The van der Waals surface area contributed by atoms with Crippen LogP contribution in [0.15, 0.2) is 36.9 Å². The maximum absolute atomic E-state index is 14.0. The summed E-state index contributed by atoms with van der Waals surface area (Å²) in [6.07, 6.45) is 7.68. The van der Waals surface area contributed by atoms with E-state index in [4.69, 9.17) is 10.5 Å². The summed E-state index contributed by atoms with van der Waals surface area (Å²) in [5, 5.41) is 2.11. The third-order valence-electron chi connectivity index (χ3n) is 10.7. The predicted molar refractivity (Wildman–Crippen MR) is 199 cm³/mol. The Morgan fingerprint density at radius 1 is 1.17 bits per heavy atom. The predicted octanol–water partition coefficient (Wildman–Crippen LogP) is 2.81. The number of hydrogen-bond donors (Lipinski definition) is 3. The monoisotopic (exact) mass is 754 g/mol. The van der Waals surface area contributed by atoms with Gasteiger partial charge in [0.15, 0.2) is 0 Å². The lowest BCUT2D eigenvalue weighted by atomic mass is 9.86. The fourth-order valence-electron chi connectivity index (χ4n) is 6.93. The number of likely N-dealkylation sites (tertiary alicyclic amines) is 1. The second kappa shape index (κ2) is 15.6. The van der Waals surface area contributed by atoms with E-state index in [1.54, 1.807) is 30.6 Å². The molecule has 1 aromatic rings. The molecule has 5 amide bonds. The molecule has 2 saturated carbocycles. The quantitative estimate of drug-likeness (QED) is 0.137. The molecule has 0 radical (unpaired) electrons. The van der Waals surface area contributed by atoms with Gasteiger partial charge in [-0.1, -0.05) is 57.2 Å². The van der Waals surface area contributed by atoms with Crippen molar-refractivity contribution in [1.82, 2.24) is 24.7 Å². The molecule has 5 rings (SSSR count). The molecule has 2 heterocycles. The van der Waals surface area contributed by atoms with E-state index in [0.717, 1.165) is 35.9 Å². The molecule has 0 aromatic heterocycles. The first-order chi connectivity index (χ1) is 24.9. The molecule has 0 bridgehead atoms. The molecule has 2 aliphatic heterocycles. The minimum absolute atomic E-state index is 0.0376. The second-order valence-electron chi connectivity index (χ2n) is 16.1. The van der Waals surface area contributed by atoms with Crippen LogP contribution in [0, 0.1) is 11.3 Å². The molecule has 1 saturated heterocycles. The SMILES string of the molecule is C=C[C@@H]1C[C@]1(NC(=O)[C@@H]1C[C@@H](OC(=O)N2Cc3cccc(/C=C/CCCN(C=O)C(C)C)c3C2)CN1C(=O)[C@@H](N)C(C)(C)C)C(=O)NS(=O)(=O)C1CC1. The van der Waals surface area contributed by atoms with Crippen molar-refractivity contribution in [3.8, 4) is 0 Å². The zero-order valence-corrected chi connectivity index (χ0v) is 32.2. The summed E-state index contributed by atoms with van der Waals surface area (Å²) in [5.41, 5.74) is 7.16. The van der Waals surface area contributed by atoms with Crippen molar-refractivity contribution >= 4 is 46.3 Å². The molecule has 4 N–H and O–H groups in total. The summed E-state index contributed by atoms with van der Waals surface area (Å²) in [6.45, 7) is 14.3. The van der Waals surface area contributed by atoms with E-state index in [1.807, 2.05) is 38.1 Å². The van der Waals surface area contributed by atoms with Crippen molar-refractivity contribution < 1.29 is 37.1 Å². The molecule has 0 spiro atoms. The number of nitrogens with zero attached hydrogens (tertiary/aromatic N) is 3. The van der Waals surface area contributed by atoms with Gasteiger partial charge < -0.3 is 25.6 Å². The Morgan fingerprint density at radius 3 is 2.49 bits per heavy atom. The van der Waals surface area contributed by atoms with E-state index in [9.17, 15) is 32.4 Å². The number of ether oxygens (including phenoxy) is 1.